The highest BCUT2D eigenvalue weighted by atomic mass is 16.5. The van der Waals surface area contributed by atoms with Crippen molar-refractivity contribution in [2.24, 2.45) is 5.92 Å². The molecule has 0 unspecified atom stereocenters. The molecular formula is C14H23NO5. The van der Waals surface area contributed by atoms with Gasteiger partial charge in [-0.2, -0.15) is 0 Å². The summed E-state index contributed by atoms with van der Waals surface area (Å²) < 4.78 is 21.2. The molecule has 6 nitrogen and oxygen atoms in total. The summed E-state index contributed by atoms with van der Waals surface area (Å²) in [5.41, 5.74) is 0. The Morgan fingerprint density at radius 2 is 2.10 bits per heavy atom. The predicted octanol–water partition coefficient (Wildman–Crippen LogP) is 0.538. The Morgan fingerprint density at radius 3 is 2.85 bits per heavy atom. The molecule has 114 valence electrons. The summed E-state index contributed by atoms with van der Waals surface area (Å²) in [5, 5.41) is 13.4. The zero-order valence-corrected chi connectivity index (χ0v) is 12.0. The van der Waals surface area contributed by atoms with E-state index in [0.717, 1.165) is 11.5 Å². The van der Waals surface area contributed by atoms with E-state index in [0.29, 0.717) is 32.9 Å². The molecule has 6 heteroatoms. The molecule has 0 saturated carbocycles. The van der Waals surface area contributed by atoms with Crippen molar-refractivity contribution < 1.29 is 23.7 Å². The summed E-state index contributed by atoms with van der Waals surface area (Å²) in [5.74, 6) is 1.69. The summed E-state index contributed by atoms with van der Waals surface area (Å²) in [6.45, 7) is 2.74. The number of hydrogen-bond donors (Lipinski definition) is 2. The molecule has 1 aromatic rings. The van der Waals surface area contributed by atoms with Gasteiger partial charge in [-0.25, -0.2) is 0 Å². The van der Waals surface area contributed by atoms with Gasteiger partial charge in [0.2, 0.25) is 0 Å². The third kappa shape index (κ3) is 4.04. The molecule has 1 fully saturated rings. The molecule has 2 heterocycles. The van der Waals surface area contributed by atoms with Crippen LogP contribution in [-0.2, 0) is 27.4 Å². The Kier molecular flexibility index (Phi) is 6.00. The number of methoxy groups -OCH3 is 2. The quantitative estimate of drug-likeness (QED) is 0.762. The maximum absolute atomic E-state index is 10.1. The first-order chi connectivity index (χ1) is 9.74. The molecule has 20 heavy (non-hydrogen) atoms. The van der Waals surface area contributed by atoms with E-state index in [2.05, 4.69) is 5.32 Å². The molecule has 2 N–H and O–H groups in total. The van der Waals surface area contributed by atoms with Crippen LogP contribution in [0.25, 0.3) is 0 Å². The van der Waals surface area contributed by atoms with Gasteiger partial charge in [0.1, 0.15) is 24.2 Å². The second-order valence-corrected chi connectivity index (χ2v) is 4.99. The van der Waals surface area contributed by atoms with E-state index in [9.17, 15) is 5.11 Å². The van der Waals surface area contributed by atoms with E-state index in [1.165, 1.54) is 0 Å². The zero-order valence-electron chi connectivity index (χ0n) is 12.0. The first kappa shape index (κ1) is 15.5. The van der Waals surface area contributed by atoms with Gasteiger partial charge < -0.3 is 29.1 Å². The Labute approximate surface area is 119 Å². The molecular weight excluding hydrogens is 262 g/mol. The molecule has 0 spiro atoms. The van der Waals surface area contributed by atoms with Crippen molar-refractivity contribution in [3.8, 4) is 0 Å². The summed E-state index contributed by atoms with van der Waals surface area (Å²) in [4.78, 5) is 0. The summed E-state index contributed by atoms with van der Waals surface area (Å²) in [7, 11) is 3.23. The molecule has 0 radical (unpaired) electrons. The average Bonchev–Trinajstić information content (AvgIpc) is 2.89. The van der Waals surface area contributed by atoms with E-state index < -0.39 is 6.10 Å². The monoisotopic (exact) mass is 285 g/mol. The SMILES string of the molecule is COCc1ccc(CNC[C@@H]2COC[C@@H](OC)[C@H]2O)o1. The Balaban J connectivity index is 1.74. The smallest absolute Gasteiger partial charge is 0.129 e. The number of aliphatic hydroxyl groups is 1. The normalized spacial score (nSPS) is 26.9. The van der Waals surface area contributed by atoms with Crippen molar-refractivity contribution in [3.63, 3.8) is 0 Å². The third-order valence-electron chi connectivity index (χ3n) is 3.49. The number of ether oxygens (including phenoxy) is 3. The van der Waals surface area contributed by atoms with Crippen LogP contribution >= 0.6 is 0 Å². The van der Waals surface area contributed by atoms with Gasteiger partial charge in [-0.05, 0) is 12.1 Å². The van der Waals surface area contributed by atoms with Crippen LogP contribution in [-0.4, -0.2) is 51.3 Å². The van der Waals surface area contributed by atoms with Crippen LogP contribution in [0.1, 0.15) is 11.5 Å². The fraction of sp³-hybridized carbons (Fsp3) is 0.714. The molecule has 0 amide bonds. The second kappa shape index (κ2) is 7.75. The van der Waals surface area contributed by atoms with Crippen LogP contribution in [0.2, 0.25) is 0 Å². The van der Waals surface area contributed by atoms with Gasteiger partial charge in [0.25, 0.3) is 0 Å². The molecule has 2 rings (SSSR count). The van der Waals surface area contributed by atoms with Crippen molar-refractivity contribution in [1.29, 1.82) is 0 Å². The number of aliphatic hydroxyl groups excluding tert-OH is 1. The molecule has 1 aliphatic rings. The topological polar surface area (TPSA) is 73.1 Å². The van der Waals surface area contributed by atoms with Crippen LogP contribution in [0.15, 0.2) is 16.5 Å². The molecule has 0 bridgehead atoms. The number of rotatable bonds is 7. The van der Waals surface area contributed by atoms with Crippen molar-refractivity contribution >= 4 is 0 Å². The minimum absolute atomic E-state index is 0.0297. The number of furan rings is 1. The number of hydrogen-bond acceptors (Lipinski definition) is 6. The lowest BCUT2D eigenvalue weighted by molar-refractivity contribution is -0.133. The molecule has 1 aliphatic heterocycles. The van der Waals surface area contributed by atoms with Crippen LogP contribution in [0, 0.1) is 5.92 Å². The fourth-order valence-electron chi connectivity index (χ4n) is 2.34. The van der Waals surface area contributed by atoms with Gasteiger partial charge in [0.15, 0.2) is 0 Å². The average molecular weight is 285 g/mol. The summed E-state index contributed by atoms with van der Waals surface area (Å²) in [6.07, 6.45) is -0.741. The van der Waals surface area contributed by atoms with E-state index >= 15 is 0 Å². The van der Waals surface area contributed by atoms with Crippen molar-refractivity contribution in [3.05, 3.63) is 23.7 Å². The highest BCUT2D eigenvalue weighted by molar-refractivity contribution is 5.06. The molecule has 1 aromatic heterocycles. The molecule has 0 aromatic carbocycles. The van der Waals surface area contributed by atoms with Gasteiger partial charge in [0.05, 0.1) is 25.9 Å². The van der Waals surface area contributed by atoms with Crippen LogP contribution in [0.5, 0.6) is 0 Å². The minimum atomic E-state index is -0.498. The highest BCUT2D eigenvalue weighted by Gasteiger charge is 2.32. The maximum Gasteiger partial charge on any atom is 0.129 e. The summed E-state index contributed by atoms with van der Waals surface area (Å²) in [6, 6.07) is 3.83. The van der Waals surface area contributed by atoms with Crippen molar-refractivity contribution in [2.45, 2.75) is 25.4 Å². The highest BCUT2D eigenvalue weighted by Crippen LogP contribution is 2.17. The van der Waals surface area contributed by atoms with Crippen LogP contribution in [0.4, 0.5) is 0 Å². The van der Waals surface area contributed by atoms with Gasteiger partial charge in [-0.1, -0.05) is 0 Å². The first-order valence-corrected chi connectivity index (χ1v) is 6.80. The van der Waals surface area contributed by atoms with E-state index in [1.807, 2.05) is 12.1 Å². The Bertz CT molecular complexity index is 395. The third-order valence-corrected chi connectivity index (χ3v) is 3.49. The lowest BCUT2D eigenvalue weighted by Crippen LogP contribution is -2.48. The maximum atomic E-state index is 10.1. The lowest BCUT2D eigenvalue weighted by atomic mass is 9.96. The molecule has 0 aliphatic carbocycles. The Morgan fingerprint density at radius 1 is 1.30 bits per heavy atom. The first-order valence-electron chi connectivity index (χ1n) is 6.80. The largest absolute Gasteiger partial charge is 0.462 e. The Hall–Kier alpha value is -0.920. The van der Waals surface area contributed by atoms with Crippen LogP contribution in [0.3, 0.4) is 0 Å². The predicted molar refractivity (Wildman–Crippen MR) is 72.2 cm³/mol. The number of nitrogens with one attached hydrogen (secondary N) is 1. The van der Waals surface area contributed by atoms with Crippen molar-refractivity contribution in [2.75, 3.05) is 34.0 Å². The van der Waals surface area contributed by atoms with Gasteiger partial charge in [-0.15, -0.1) is 0 Å². The zero-order chi connectivity index (χ0) is 14.4. The van der Waals surface area contributed by atoms with E-state index in [-0.39, 0.29) is 12.0 Å². The fourth-order valence-corrected chi connectivity index (χ4v) is 2.34. The molecule has 1 saturated heterocycles. The van der Waals surface area contributed by atoms with Gasteiger partial charge in [-0.3, -0.25) is 0 Å². The summed E-state index contributed by atoms with van der Waals surface area (Å²) >= 11 is 0. The standard InChI is InChI=1S/C14H23NO5/c1-17-8-12-4-3-11(20-12)6-15-5-10-7-19-9-13(18-2)14(10)16/h3-4,10,13-16H,5-9H2,1-2H3/t10-,13-,14+/m1/s1. The molecule has 3 atom stereocenters. The van der Waals surface area contributed by atoms with E-state index in [4.69, 9.17) is 18.6 Å². The lowest BCUT2D eigenvalue weighted by Gasteiger charge is -2.33. The van der Waals surface area contributed by atoms with Gasteiger partial charge in [0, 0.05) is 26.7 Å². The van der Waals surface area contributed by atoms with E-state index in [1.54, 1.807) is 14.2 Å². The van der Waals surface area contributed by atoms with Crippen LogP contribution < -0.4 is 5.32 Å². The second-order valence-electron chi connectivity index (χ2n) is 4.99. The van der Waals surface area contributed by atoms with Crippen molar-refractivity contribution in [1.82, 2.24) is 5.32 Å². The minimum Gasteiger partial charge on any atom is -0.462 e. The van der Waals surface area contributed by atoms with Gasteiger partial charge >= 0.3 is 0 Å².